The number of fused-ring (bicyclic) bond motifs is 1. The Bertz CT molecular complexity index is 726. The van der Waals surface area contributed by atoms with Crippen LogP contribution in [0, 0.1) is 11.7 Å². The van der Waals surface area contributed by atoms with Gasteiger partial charge in [-0.3, -0.25) is 15.6 Å². The molecule has 1 aromatic carbocycles. The van der Waals surface area contributed by atoms with Gasteiger partial charge in [0.2, 0.25) is 0 Å². The SMILES string of the molecule is CC1NNC(C)C1CCCNC(=O)c1ccc2cccc(F)c2n1. The van der Waals surface area contributed by atoms with Crippen LogP contribution in [0.15, 0.2) is 30.3 Å². The quantitative estimate of drug-likeness (QED) is 0.737. The topological polar surface area (TPSA) is 66.0 Å². The number of nitrogens with one attached hydrogen (secondary N) is 3. The number of amides is 1. The van der Waals surface area contributed by atoms with E-state index >= 15 is 0 Å². The summed E-state index contributed by atoms with van der Waals surface area (Å²) in [6.45, 7) is 4.91. The van der Waals surface area contributed by atoms with E-state index in [1.165, 1.54) is 6.07 Å². The predicted molar refractivity (Wildman–Crippen MR) is 92.0 cm³/mol. The van der Waals surface area contributed by atoms with E-state index in [0.717, 1.165) is 12.8 Å². The van der Waals surface area contributed by atoms with E-state index < -0.39 is 5.82 Å². The Balaban J connectivity index is 1.54. The Labute approximate surface area is 141 Å². The number of para-hydroxylation sites is 1. The van der Waals surface area contributed by atoms with Crippen LogP contribution < -0.4 is 16.2 Å². The molecule has 2 aromatic rings. The third-order valence-corrected chi connectivity index (χ3v) is 4.73. The van der Waals surface area contributed by atoms with Crippen molar-refractivity contribution in [1.29, 1.82) is 0 Å². The molecule has 0 bridgehead atoms. The first-order valence-electron chi connectivity index (χ1n) is 8.41. The minimum atomic E-state index is -0.411. The zero-order valence-electron chi connectivity index (χ0n) is 14.0. The van der Waals surface area contributed by atoms with Gasteiger partial charge in [-0.2, -0.15) is 0 Å². The maximum atomic E-state index is 13.8. The molecule has 0 aliphatic carbocycles. The molecule has 0 spiro atoms. The van der Waals surface area contributed by atoms with Gasteiger partial charge in [-0.1, -0.05) is 18.2 Å². The molecule has 6 heteroatoms. The number of nitrogens with zero attached hydrogens (tertiary/aromatic N) is 1. The second kappa shape index (κ2) is 7.23. The van der Waals surface area contributed by atoms with E-state index in [1.807, 2.05) is 0 Å². The molecule has 2 atom stereocenters. The standard InChI is InChI=1S/C18H23FN4O/c1-11-14(12(2)23-22-11)6-4-10-20-18(24)16-9-8-13-5-3-7-15(19)17(13)21-16/h3,5,7-9,11-12,14,22-23H,4,6,10H2,1-2H3,(H,20,24). The van der Waals surface area contributed by atoms with E-state index in [-0.39, 0.29) is 17.1 Å². The Kier molecular flexibility index (Phi) is 5.06. The fraction of sp³-hybridized carbons (Fsp3) is 0.444. The zero-order chi connectivity index (χ0) is 17.1. The Hall–Kier alpha value is -2.05. The van der Waals surface area contributed by atoms with Crippen LogP contribution in [0.5, 0.6) is 0 Å². The lowest BCUT2D eigenvalue weighted by Gasteiger charge is -2.17. The molecule has 0 saturated carbocycles. The molecule has 1 aliphatic heterocycles. The van der Waals surface area contributed by atoms with Gasteiger partial charge < -0.3 is 5.32 Å². The molecule has 1 saturated heterocycles. The Morgan fingerprint density at radius 3 is 2.71 bits per heavy atom. The van der Waals surface area contributed by atoms with Crippen LogP contribution in [-0.4, -0.2) is 29.5 Å². The highest BCUT2D eigenvalue weighted by Crippen LogP contribution is 2.20. The Morgan fingerprint density at radius 1 is 1.21 bits per heavy atom. The monoisotopic (exact) mass is 330 g/mol. The molecule has 2 unspecified atom stereocenters. The third kappa shape index (κ3) is 3.55. The highest BCUT2D eigenvalue weighted by atomic mass is 19.1. The maximum Gasteiger partial charge on any atom is 0.269 e. The fourth-order valence-corrected chi connectivity index (χ4v) is 3.28. The van der Waals surface area contributed by atoms with Crippen LogP contribution in [0.4, 0.5) is 4.39 Å². The molecule has 1 amide bonds. The van der Waals surface area contributed by atoms with Gasteiger partial charge in [-0.05, 0) is 44.7 Å². The Morgan fingerprint density at radius 2 is 1.96 bits per heavy atom. The normalized spacial score (nSPS) is 23.5. The van der Waals surface area contributed by atoms with Gasteiger partial charge in [0.05, 0.1) is 0 Å². The number of hydrogen-bond acceptors (Lipinski definition) is 4. The van der Waals surface area contributed by atoms with Crippen molar-refractivity contribution in [3.63, 3.8) is 0 Å². The summed E-state index contributed by atoms with van der Waals surface area (Å²) in [4.78, 5) is 16.4. The molecule has 1 aliphatic rings. The first kappa shape index (κ1) is 16.8. The average Bonchev–Trinajstić information content (AvgIpc) is 2.90. The van der Waals surface area contributed by atoms with Gasteiger partial charge in [0.25, 0.3) is 5.91 Å². The number of carbonyl (C=O) groups excluding carboxylic acids is 1. The van der Waals surface area contributed by atoms with Crippen molar-refractivity contribution in [2.45, 2.75) is 38.8 Å². The molecule has 24 heavy (non-hydrogen) atoms. The van der Waals surface area contributed by atoms with E-state index in [9.17, 15) is 9.18 Å². The van der Waals surface area contributed by atoms with Crippen molar-refractivity contribution in [2.75, 3.05) is 6.54 Å². The number of benzene rings is 1. The number of aromatic nitrogens is 1. The molecule has 2 heterocycles. The van der Waals surface area contributed by atoms with Crippen molar-refractivity contribution in [2.24, 2.45) is 5.92 Å². The van der Waals surface area contributed by atoms with Gasteiger partial charge in [-0.15, -0.1) is 0 Å². The van der Waals surface area contributed by atoms with Gasteiger partial charge in [0.1, 0.15) is 17.0 Å². The van der Waals surface area contributed by atoms with Crippen LogP contribution in [0.25, 0.3) is 10.9 Å². The number of hydrazine groups is 1. The second-order valence-electron chi connectivity index (χ2n) is 6.44. The van der Waals surface area contributed by atoms with Crippen LogP contribution in [0.2, 0.25) is 0 Å². The first-order chi connectivity index (χ1) is 11.6. The van der Waals surface area contributed by atoms with Gasteiger partial charge >= 0.3 is 0 Å². The van der Waals surface area contributed by atoms with Crippen LogP contribution >= 0.6 is 0 Å². The summed E-state index contributed by atoms with van der Waals surface area (Å²) >= 11 is 0. The van der Waals surface area contributed by atoms with E-state index in [4.69, 9.17) is 0 Å². The molecule has 5 nitrogen and oxygen atoms in total. The van der Waals surface area contributed by atoms with Crippen LogP contribution in [0.3, 0.4) is 0 Å². The summed E-state index contributed by atoms with van der Waals surface area (Å²) in [6, 6.07) is 8.98. The summed E-state index contributed by atoms with van der Waals surface area (Å²) < 4.78 is 13.8. The third-order valence-electron chi connectivity index (χ3n) is 4.73. The summed E-state index contributed by atoms with van der Waals surface area (Å²) in [6.07, 6.45) is 1.93. The second-order valence-corrected chi connectivity index (χ2v) is 6.44. The predicted octanol–water partition coefficient (Wildman–Crippen LogP) is 2.38. The summed E-state index contributed by atoms with van der Waals surface area (Å²) in [5, 5.41) is 3.56. The molecular weight excluding hydrogens is 307 g/mol. The van der Waals surface area contributed by atoms with Crippen LogP contribution in [-0.2, 0) is 0 Å². The van der Waals surface area contributed by atoms with Crippen molar-refractivity contribution < 1.29 is 9.18 Å². The molecule has 1 fully saturated rings. The minimum Gasteiger partial charge on any atom is -0.351 e. The number of pyridine rings is 1. The highest BCUT2D eigenvalue weighted by Gasteiger charge is 2.28. The maximum absolute atomic E-state index is 13.8. The number of halogens is 1. The smallest absolute Gasteiger partial charge is 0.269 e. The lowest BCUT2D eigenvalue weighted by Crippen LogP contribution is -2.30. The fourth-order valence-electron chi connectivity index (χ4n) is 3.28. The molecule has 128 valence electrons. The molecule has 1 aromatic heterocycles. The summed E-state index contributed by atoms with van der Waals surface area (Å²) in [5.74, 6) is -0.120. The van der Waals surface area contributed by atoms with Crippen molar-refractivity contribution in [1.82, 2.24) is 21.2 Å². The van der Waals surface area contributed by atoms with Crippen LogP contribution in [0.1, 0.15) is 37.2 Å². The van der Waals surface area contributed by atoms with Gasteiger partial charge in [0, 0.05) is 24.0 Å². The van der Waals surface area contributed by atoms with Crippen molar-refractivity contribution in [3.05, 3.63) is 41.8 Å². The van der Waals surface area contributed by atoms with Crippen molar-refractivity contribution >= 4 is 16.8 Å². The lowest BCUT2D eigenvalue weighted by molar-refractivity contribution is 0.0947. The zero-order valence-corrected chi connectivity index (χ0v) is 14.0. The lowest BCUT2D eigenvalue weighted by atomic mass is 9.92. The van der Waals surface area contributed by atoms with Gasteiger partial charge in [-0.25, -0.2) is 9.37 Å². The molecule has 3 N–H and O–H groups in total. The van der Waals surface area contributed by atoms with E-state index in [2.05, 4.69) is 35.0 Å². The number of hydrogen-bond donors (Lipinski definition) is 3. The molecular formula is C18H23FN4O. The largest absolute Gasteiger partial charge is 0.351 e. The van der Waals surface area contributed by atoms with Gasteiger partial charge in [0.15, 0.2) is 0 Å². The summed E-state index contributed by atoms with van der Waals surface area (Å²) in [5.41, 5.74) is 6.95. The molecule has 3 rings (SSSR count). The van der Waals surface area contributed by atoms with E-state index in [1.54, 1.807) is 24.3 Å². The number of carbonyl (C=O) groups is 1. The molecule has 0 radical (unpaired) electrons. The average molecular weight is 330 g/mol. The van der Waals surface area contributed by atoms with E-state index in [0.29, 0.717) is 29.9 Å². The number of rotatable bonds is 5. The van der Waals surface area contributed by atoms with Crippen molar-refractivity contribution in [3.8, 4) is 0 Å². The minimum absolute atomic E-state index is 0.232. The first-order valence-corrected chi connectivity index (χ1v) is 8.41. The summed E-state index contributed by atoms with van der Waals surface area (Å²) in [7, 11) is 0. The highest BCUT2D eigenvalue weighted by molar-refractivity contribution is 5.94.